The lowest BCUT2D eigenvalue weighted by molar-refractivity contribution is -0.148. The fourth-order valence-corrected chi connectivity index (χ4v) is 5.90. The van der Waals surface area contributed by atoms with E-state index in [0.717, 1.165) is 22.2 Å². The quantitative estimate of drug-likeness (QED) is 0.302. The summed E-state index contributed by atoms with van der Waals surface area (Å²) in [7, 11) is 0. The van der Waals surface area contributed by atoms with Crippen molar-refractivity contribution in [3.05, 3.63) is 94.7 Å². The number of likely N-dealkylation sites (tertiary alicyclic amines) is 1. The van der Waals surface area contributed by atoms with Crippen LogP contribution in [0.4, 0.5) is 0 Å². The number of carbonyl (C=O) groups excluding carboxylic acids is 1. The Morgan fingerprint density at radius 2 is 1.68 bits per heavy atom. The largest absolute Gasteiger partial charge is 0.396 e. The third-order valence-electron chi connectivity index (χ3n) is 7.79. The standard InChI is InChI=1S/C30H34BrN5O2/c1-20-6-10-23(11-7-20)15-26(28(38)34-17-30(16-31,18-34)19-37)36-27-25(5-4-14-33-27)35(29(36)32)22(3)24-12-8-21(2)9-13-24/h4-14,22,26,32,37H,15-19H2,1-3H3/t22?,26-/m0/s1. The summed E-state index contributed by atoms with van der Waals surface area (Å²) in [5.41, 5.74) is 5.82. The van der Waals surface area contributed by atoms with Crippen molar-refractivity contribution in [3.63, 3.8) is 0 Å². The number of hydrogen-bond donors (Lipinski definition) is 2. The van der Waals surface area contributed by atoms with Crippen LogP contribution in [0.3, 0.4) is 0 Å². The van der Waals surface area contributed by atoms with Gasteiger partial charge >= 0.3 is 0 Å². The maximum absolute atomic E-state index is 14.1. The molecular formula is C30H34BrN5O2. The summed E-state index contributed by atoms with van der Waals surface area (Å²) in [4.78, 5) is 20.6. The van der Waals surface area contributed by atoms with Crippen LogP contribution in [0.1, 0.15) is 41.3 Å². The van der Waals surface area contributed by atoms with Gasteiger partial charge in [0.2, 0.25) is 11.5 Å². The molecule has 0 bridgehead atoms. The van der Waals surface area contributed by atoms with Crippen LogP contribution >= 0.6 is 15.9 Å². The molecule has 1 aliphatic rings. The predicted molar refractivity (Wildman–Crippen MR) is 152 cm³/mol. The number of pyridine rings is 1. The number of alkyl halides is 1. The van der Waals surface area contributed by atoms with Crippen molar-refractivity contribution in [2.45, 2.75) is 39.3 Å². The molecule has 3 heterocycles. The number of benzene rings is 2. The molecule has 1 fully saturated rings. The maximum atomic E-state index is 14.1. The Kier molecular flexibility index (Phi) is 7.29. The predicted octanol–water partition coefficient (Wildman–Crippen LogP) is 4.54. The molecule has 2 aromatic heterocycles. The van der Waals surface area contributed by atoms with Crippen LogP contribution in [0.25, 0.3) is 11.2 Å². The Balaban J connectivity index is 1.62. The number of halogens is 1. The number of nitrogens with one attached hydrogen (secondary N) is 1. The Hall–Kier alpha value is -3.23. The zero-order chi connectivity index (χ0) is 27.0. The summed E-state index contributed by atoms with van der Waals surface area (Å²) >= 11 is 3.51. The van der Waals surface area contributed by atoms with Crippen LogP contribution in [-0.2, 0) is 11.2 Å². The zero-order valence-electron chi connectivity index (χ0n) is 22.1. The molecule has 1 saturated heterocycles. The molecular weight excluding hydrogens is 542 g/mol. The summed E-state index contributed by atoms with van der Waals surface area (Å²) in [6.45, 7) is 7.18. The van der Waals surface area contributed by atoms with Crippen molar-refractivity contribution in [3.8, 4) is 0 Å². The highest BCUT2D eigenvalue weighted by atomic mass is 79.9. The molecule has 2 N–H and O–H groups in total. The molecule has 38 heavy (non-hydrogen) atoms. The lowest BCUT2D eigenvalue weighted by Crippen LogP contribution is -2.62. The van der Waals surface area contributed by atoms with E-state index < -0.39 is 6.04 Å². The summed E-state index contributed by atoms with van der Waals surface area (Å²) in [5.74, 6) is -0.0539. The SMILES string of the molecule is Cc1ccc(C[C@@H](C(=O)N2CC(CO)(CBr)C2)n2c(=N)n(C(C)c3ccc(C)cc3)c3cccnc32)cc1. The molecule has 4 aromatic rings. The maximum Gasteiger partial charge on any atom is 0.246 e. The van der Waals surface area contributed by atoms with Crippen LogP contribution in [-0.4, -0.2) is 55.1 Å². The first kappa shape index (κ1) is 26.4. The Labute approximate surface area is 231 Å². The van der Waals surface area contributed by atoms with Crippen molar-refractivity contribution in [2.75, 3.05) is 25.0 Å². The number of carbonyl (C=O) groups is 1. The van der Waals surface area contributed by atoms with Gasteiger partial charge in [-0.15, -0.1) is 0 Å². The van der Waals surface area contributed by atoms with E-state index in [1.54, 1.807) is 15.7 Å². The second-order valence-corrected chi connectivity index (χ2v) is 11.2. The van der Waals surface area contributed by atoms with Crippen molar-refractivity contribution < 1.29 is 9.90 Å². The smallest absolute Gasteiger partial charge is 0.246 e. The summed E-state index contributed by atoms with van der Waals surface area (Å²) < 4.78 is 3.77. The average Bonchev–Trinajstić information content (AvgIpc) is 3.19. The highest BCUT2D eigenvalue weighted by Gasteiger charge is 2.46. The molecule has 198 valence electrons. The molecule has 1 unspecified atom stereocenters. The third-order valence-corrected chi connectivity index (χ3v) is 8.98. The highest BCUT2D eigenvalue weighted by Crippen LogP contribution is 2.35. The minimum Gasteiger partial charge on any atom is -0.396 e. The van der Waals surface area contributed by atoms with Crippen LogP contribution in [0.2, 0.25) is 0 Å². The second kappa shape index (κ2) is 10.5. The molecule has 5 rings (SSSR count). The van der Waals surface area contributed by atoms with Gasteiger partial charge in [0.05, 0.1) is 18.2 Å². The number of imidazole rings is 1. The first-order valence-corrected chi connectivity index (χ1v) is 14.1. The van der Waals surface area contributed by atoms with Gasteiger partial charge in [-0.2, -0.15) is 0 Å². The van der Waals surface area contributed by atoms with Gasteiger partial charge in [0.25, 0.3) is 0 Å². The zero-order valence-corrected chi connectivity index (χ0v) is 23.6. The van der Waals surface area contributed by atoms with Crippen molar-refractivity contribution in [1.82, 2.24) is 19.0 Å². The first-order valence-electron chi connectivity index (χ1n) is 13.0. The number of aromatic nitrogens is 3. The molecule has 2 atom stereocenters. The lowest BCUT2D eigenvalue weighted by atomic mass is 9.82. The van der Waals surface area contributed by atoms with Crippen molar-refractivity contribution in [2.24, 2.45) is 5.41 Å². The molecule has 0 radical (unpaired) electrons. The van der Waals surface area contributed by atoms with Crippen molar-refractivity contribution in [1.29, 1.82) is 5.41 Å². The fourth-order valence-electron chi connectivity index (χ4n) is 5.37. The van der Waals surface area contributed by atoms with Gasteiger partial charge in [-0.1, -0.05) is 75.6 Å². The number of aliphatic hydroxyl groups is 1. The number of fused-ring (bicyclic) bond motifs is 1. The first-order chi connectivity index (χ1) is 18.3. The van der Waals surface area contributed by atoms with E-state index in [9.17, 15) is 15.3 Å². The fraction of sp³-hybridized carbons (Fsp3) is 0.367. The number of nitrogens with zero attached hydrogens (tertiary/aromatic N) is 4. The molecule has 2 aromatic carbocycles. The van der Waals surface area contributed by atoms with E-state index in [-0.39, 0.29) is 29.6 Å². The van der Waals surface area contributed by atoms with Crippen LogP contribution in [0.15, 0.2) is 66.9 Å². The number of aliphatic hydroxyl groups excluding tert-OH is 1. The molecule has 0 saturated carbocycles. The van der Waals surface area contributed by atoms with Gasteiger partial charge in [0.1, 0.15) is 6.04 Å². The summed E-state index contributed by atoms with van der Waals surface area (Å²) in [5, 5.41) is 19.9. The molecule has 0 aliphatic carbocycles. The molecule has 8 heteroatoms. The Bertz CT molecular complexity index is 1490. The average molecular weight is 577 g/mol. The highest BCUT2D eigenvalue weighted by molar-refractivity contribution is 9.09. The summed E-state index contributed by atoms with van der Waals surface area (Å²) in [6.07, 6.45) is 2.17. The second-order valence-electron chi connectivity index (χ2n) is 10.7. The van der Waals surface area contributed by atoms with E-state index in [1.807, 2.05) is 35.8 Å². The molecule has 1 amide bonds. The number of hydrogen-bond acceptors (Lipinski definition) is 4. The van der Waals surface area contributed by atoms with E-state index in [4.69, 9.17) is 0 Å². The van der Waals surface area contributed by atoms with E-state index in [0.29, 0.717) is 30.5 Å². The van der Waals surface area contributed by atoms with Crippen LogP contribution in [0.5, 0.6) is 0 Å². The van der Waals surface area contributed by atoms with Gasteiger partial charge in [-0.3, -0.25) is 14.8 Å². The number of amides is 1. The minimum atomic E-state index is -0.638. The van der Waals surface area contributed by atoms with E-state index in [1.165, 1.54) is 5.56 Å². The van der Waals surface area contributed by atoms with Crippen molar-refractivity contribution >= 4 is 33.0 Å². The minimum absolute atomic E-state index is 0.0242. The third kappa shape index (κ3) is 4.71. The Morgan fingerprint density at radius 3 is 2.29 bits per heavy atom. The van der Waals surface area contributed by atoms with Crippen LogP contribution < -0.4 is 5.62 Å². The summed E-state index contributed by atoms with van der Waals surface area (Å²) in [6, 6.07) is 19.6. The monoisotopic (exact) mass is 575 g/mol. The van der Waals surface area contributed by atoms with E-state index >= 15 is 0 Å². The van der Waals surface area contributed by atoms with Crippen LogP contribution in [0, 0.1) is 24.7 Å². The van der Waals surface area contributed by atoms with Gasteiger partial charge in [-0.05, 0) is 44.0 Å². The van der Waals surface area contributed by atoms with Gasteiger partial charge in [0.15, 0.2) is 5.65 Å². The lowest BCUT2D eigenvalue weighted by Gasteiger charge is -2.49. The Morgan fingerprint density at radius 1 is 1.05 bits per heavy atom. The van der Waals surface area contributed by atoms with Gasteiger partial charge in [-0.25, -0.2) is 4.98 Å². The van der Waals surface area contributed by atoms with Gasteiger partial charge < -0.3 is 14.6 Å². The topological polar surface area (TPSA) is 87.1 Å². The van der Waals surface area contributed by atoms with Gasteiger partial charge in [0, 0.05) is 36.5 Å². The molecule has 0 spiro atoms. The molecule has 1 aliphatic heterocycles. The number of aryl methyl sites for hydroxylation is 2. The normalized spacial score (nSPS) is 16.3. The number of rotatable bonds is 8. The molecule has 7 nitrogen and oxygen atoms in total. The van der Waals surface area contributed by atoms with E-state index in [2.05, 4.69) is 71.2 Å².